The van der Waals surface area contributed by atoms with E-state index in [1.165, 1.54) is 23.0 Å². The van der Waals surface area contributed by atoms with Crippen LogP contribution in [0.3, 0.4) is 0 Å². The highest BCUT2D eigenvalue weighted by Crippen LogP contribution is 2.32. The van der Waals surface area contributed by atoms with E-state index in [1.54, 1.807) is 31.3 Å². The molecule has 0 saturated carbocycles. The molecule has 0 aliphatic rings. The van der Waals surface area contributed by atoms with Gasteiger partial charge in [-0.05, 0) is 30.3 Å². The van der Waals surface area contributed by atoms with Crippen molar-refractivity contribution in [2.24, 2.45) is 7.05 Å². The molecule has 0 aliphatic carbocycles. The van der Waals surface area contributed by atoms with Crippen molar-refractivity contribution in [1.82, 2.24) is 19.7 Å². The van der Waals surface area contributed by atoms with Gasteiger partial charge in [0.05, 0.1) is 22.8 Å². The highest BCUT2D eigenvalue weighted by molar-refractivity contribution is 7.92. The Morgan fingerprint density at radius 1 is 0.968 bits per heavy atom. The molecule has 31 heavy (non-hydrogen) atoms. The average Bonchev–Trinajstić information content (AvgIpc) is 3.15. The van der Waals surface area contributed by atoms with E-state index in [0.717, 1.165) is 18.3 Å². The second-order valence-corrected chi connectivity index (χ2v) is 8.25. The molecule has 12 heteroatoms. The van der Waals surface area contributed by atoms with Gasteiger partial charge in [0.15, 0.2) is 11.6 Å². The number of hydrogen-bond acceptors (Lipinski definition) is 6. The fraction of sp³-hybridized carbons (Fsp3) is 0.105. The third-order valence-corrected chi connectivity index (χ3v) is 5.54. The van der Waals surface area contributed by atoms with E-state index in [2.05, 4.69) is 25.1 Å². The second-order valence-electron chi connectivity index (χ2n) is 6.57. The van der Waals surface area contributed by atoms with Crippen LogP contribution >= 0.6 is 0 Å². The summed E-state index contributed by atoms with van der Waals surface area (Å²) < 4.78 is 68.3. The summed E-state index contributed by atoms with van der Waals surface area (Å²) in [6.07, 6.45) is -2.06. The zero-order chi connectivity index (χ0) is 22.2. The van der Waals surface area contributed by atoms with Gasteiger partial charge >= 0.3 is 6.18 Å². The minimum atomic E-state index is -4.53. The Balaban J connectivity index is 1.77. The highest BCUT2D eigenvalue weighted by Gasteiger charge is 2.30. The van der Waals surface area contributed by atoms with Crippen LogP contribution in [0.2, 0.25) is 0 Å². The van der Waals surface area contributed by atoms with Crippen molar-refractivity contribution in [3.8, 4) is 0 Å². The summed E-state index contributed by atoms with van der Waals surface area (Å²) in [7, 11) is -2.50. The van der Waals surface area contributed by atoms with Crippen molar-refractivity contribution >= 4 is 38.4 Å². The molecule has 0 bridgehead atoms. The van der Waals surface area contributed by atoms with Crippen molar-refractivity contribution in [3.05, 3.63) is 66.5 Å². The number of anilines is 3. The number of nitrogens with zero attached hydrogens (tertiary/aromatic N) is 4. The Hall–Kier alpha value is -3.67. The quantitative estimate of drug-likeness (QED) is 0.480. The SMILES string of the molecule is Cn1cc(S(=O)(=O)Nc2nc3ccccc3nc2Nc2cccc(C(F)(F)F)c2)cn1. The lowest BCUT2D eigenvalue weighted by atomic mass is 10.2. The van der Waals surface area contributed by atoms with Gasteiger partial charge in [0.25, 0.3) is 10.0 Å². The van der Waals surface area contributed by atoms with Crippen molar-refractivity contribution in [2.75, 3.05) is 10.0 Å². The van der Waals surface area contributed by atoms with E-state index in [4.69, 9.17) is 0 Å². The summed E-state index contributed by atoms with van der Waals surface area (Å²) in [6.45, 7) is 0. The van der Waals surface area contributed by atoms with Crippen LogP contribution in [0.25, 0.3) is 11.0 Å². The van der Waals surface area contributed by atoms with Crippen LogP contribution < -0.4 is 10.0 Å². The first-order chi connectivity index (χ1) is 14.6. The van der Waals surface area contributed by atoms with Crippen LogP contribution in [0.4, 0.5) is 30.5 Å². The van der Waals surface area contributed by atoms with Crippen molar-refractivity contribution in [3.63, 3.8) is 0 Å². The Labute approximate surface area is 174 Å². The van der Waals surface area contributed by atoms with Gasteiger partial charge in [0.2, 0.25) is 0 Å². The molecule has 0 amide bonds. The minimum Gasteiger partial charge on any atom is -0.337 e. The molecule has 4 rings (SSSR count). The zero-order valence-corrected chi connectivity index (χ0v) is 16.7. The molecule has 2 heterocycles. The predicted octanol–water partition coefficient (Wildman–Crippen LogP) is 3.93. The minimum absolute atomic E-state index is 0.0505. The first-order valence-electron chi connectivity index (χ1n) is 8.84. The molecule has 0 atom stereocenters. The molecule has 0 radical (unpaired) electrons. The zero-order valence-electron chi connectivity index (χ0n) is 15.9. The largest absolute Gasteiger partial charge is 0.416 e. The van der Waals surface area contributed by atoms with Crippen molar-refractivity contribution in [1.29, 1.82) is 0 Å². The third kappa shape index (κ3) is 4.43. The van der Waals surface area contributed by atoms with E-state index in [-0.39, 0.29) is 22.2 Å². The average molecular weight is 448 g/mol. The topological polar surface area (TPSA) is 102 Å². The van der Waals surface area contributed by atoms with E-state index in [9.17, 15) is 21.6 Å². The first kappa shape index (κ1) is 20.6. The molecule has 2 aromatic heterocycles. The number of aryl methyl sites for hydroxylation is 1. The molecule has 0 saturated heterocycles. The summed E-state index contributed by atoms with van der Waals surface area (Å²) in [5, 5.41) is 6.57. The molecule has 8 nitrogen and oxygen atoms in total. The number of rotatable bonds is 5. The van der Waals surface area contributed by atoms with Gasteiger partial charge < -0.3 is 5.32 Å². The van der Waals surface area contributed by atoms with Crippen molar-refractivity contribution in [2.45, 2.75) is 11.1 Å². The number of para-hydroxylation sites is 2. The number of nitrogens with one attached hydrogen (secondary N) is 2. The highest BCUT2D eigenvalue weighted by atomic mass is 32.2. The van der Waals surface area contributed by atoms with Crippen LogP contribution in [0.1, 0.15) is 5.56 Å². The number of alkyl halides is 3. The van der Waals surface area contributed by atoms with E-state index in [0.29, 0.717) is 11.0 Å². The Morgan fingerprint density at radius 2 is 1.65 bits per heavy atom. The Morgan fingerprint density at radius 3 is 2.26 bits per heavy atom. The smallest absolute Gasteiger partial charge is 0.337 e. The number of fused-ring (bicyclic) bond motifs is 1. The fourth-order valence-electron chi connectivity index (χ4n) is 2.79. The van der Waals surface area contributed by atoms with Crippen LogP contribution in [-0.4, -0.2) is 28.2 Å². The van der Waals surface area contributed by atoms with Gasteiger partial charge in [0.1, 0.15) is 4.90 Å². The Kier molecular flexibility index (Phi) is 5.01. The molecule has 2 N–H and O–H groups in total. The fourth-order valence-corrected chi connectivity index (χ4v) is 3.78. The second kappa shape index (κ2) is 7.54. The number of hydrogen-bond donors (Lipinski definition) is 2. The summed E-state index contributed by atoms with van der Waals surface area (Å²) in [5.74, 6) is -0.217. The number of aromatic nitrogens is 4. The van der Waals surface area contributed by atoms with E-state index >= 15 is 0 Å². The normalized spacial score (nSPS) is 12.1. The lowest BCUT2D eigenvalue weighted by Gasteiger charge is -2.14. The molecule has 160 valence electrons. The maximum atomic E-state index is 13.1. The lowest BCUT2D eigenvalue weighted by Crippen LogP contribution is -2.15. The summed E-state index contributed by atoms with van der Waals surface area (Å²) in [6, 6.07) is 11.2. The van der Waals surface area contributed by atoms with Gasteiger partial charge in [-0.25, -0.2) is 18.4 Å². The summed E-state index contributed by atoms with van der Waals surface area (Å²) in [4.78, 5) is 8.54. The molecule has 4 aromatic rings. The van der Waals surface area contributed by atoms with Gasteiger partial charge in [0, 0.05) is 18.9 Å². The van der Waals surface area contributed by atoms with Gasteiger partial charge in [-0.3, -0.25) is 9.40 Å². The van der Waals surface area contributed by atoms with E-state index in [1.807, 2.05) is 0 Å². The molecule has 0 spiro atoms. The standard InChI is InChI=1S/C19H15F3N6O2S/c1-28-11-14(10-23-28)31(29,30)27-18-17(25-15-7-2-3-8-16(15)26-18)24-13-6-4-5-12(9-13)19(20,21)22/h2-11H,1H3,(H,24,25)(H,26,27). The lowest BCUT2D eigenvalue weighted by molar-refractivity contribution is -0.137. The first-order valence-corrected chi connectivity index (χ1v) is 10.3. The van der Waals surface area contributed by atoms with Crippen LogP contribution in [0.15, 0.2) is 65.8 Å². The van der Waals surface area contributed by atoms with Crippen LogP contribution in [0.5, 0.6) is 0 Å². The molecule has 0 fully saturated rings. The molecule has 2 aromatic carbocycles. The van der Waals surface area contributed by atoms with Gasteiger partial charge in [-0.2, -0.15) is 18.3 Å². The third-order valence-electron chi connectivity index (χ3n) is 4.25. The molecule has 0 unspecified atom stereocenters. The molecular formula is C19H15F3N6O2S. The van der Waals surface area contributed by atoms with E-state index < -0.39 is 21.8 Å². The predicted molar refractivity (Wildman–Crippen MR) is 108 cm³/mol. The maximum Gasteiger partial charge on any atom is 0.416 e. The monoisotopic (exact) mass is 448 g/mol. The number of halogens is 3. The van der Waals surface area contributed by atoms with Crippen molar-refractivity contribution < 1.29 is 21.6 Å². The number of benzene rings is 2. The number of sulfonamides is 1. The Bertz CT molecular complexity index is 1370. The van der Waals surface area contributed by atoms with Gasteiger partial charge in [-0.1, -0.05) is 18.2 Å². The molecular weight excluding hydrogens is 433 g/mol. The maximum absolute atomic E-state index is 13.1. The molecule has 0 aliphatic heterocycles. The van der Waals surface area contributed by atoms with Crippen LogP contribution in [-0.2, 0) is 23.2 Å². The summed E-state index contributed by atoms with van der Waals surface area (Å²) in [5.41, 5.74) is 0.0484. The van der Waals surface area contributed by atoms with Crippen LogP contribution in [0, 0.1) is 0 Å². The summed E-state index contributed by atoms with van der Waals surface area (Å²) >= 11 is 0. The van der Waals surface area contributed by atoms with Gasteiger partial charge in [-0.15, -0.1) is 0 Å².